The number of hydrogen-bond acceptors (Lipinski definition) is 4. The van der Waals surface area contributed by atoms with Crippen molar-refractivity contribution in [3.8, 4) is 0 Å². The van der Waals surface area contributed by atoms with Gasteiger partial charge in [0.1, 0.15) is 11.5 Å². The summed E-state index contributed by atoms with van der Waals surface area (Å²) in [5.74, 6) is 0.182. The normalized spacial score (nSPS) is 14.0. The Labute approximate surface area is 128 Å². The van der Waals surface area contributed by atoms with Crippen LogP contribution in [0.15, 0.2) is 27.3 Å². The van der Waals surface area contributed by atoms with Crippen LogP contribution in [0.5, 0.6) is 0 Å². The first-order chi connectivity index (χ1) is 10.0. The summed E-state index contributed by atoms with van der Waals surface area (Å²) in [5.41, 5.74) is 5.24. The van der Waals surface area contributed by atoms with Gasteiger partial charge in [0.15, 0.2) is 5.69 Å². The molecule has 1 aliphatic carbocycles. The van der Waals surface area contributed by atoms with Gasteiger partial charge in [0.2, 0.25) is 0 Å². The van der Waals surface area contributed by atoms with Crippen molar-refractivity contribution in [2.24, 2.45) is 7.05 Å². The summed E-state index contributed by atoms with van der Waals surface area (Å²) < 4.78 is 7.52. The predicted molar refractivity (Wildman–Crippen MR) is 76.5 cm³/mol. The molecule has 3 rings (SSSR count). The second-order valence-electron chi connectivity index (χ2n) is 4.95. The molecule has 0 aromatic carbocycles. The van der Waals surface area contributed by atoms with Gasteiger partial charge in [0.25, 0.3) is 11.8 Å². The van der Waals surface area contributed by atoms with Crippen LogP contribution in [0.1, 0.15) is 45.5 Å². The zero-order valence-electron chi connectivity index (χ0n) is 11.2. The van der Waals surface area contributed by atoms with Crippen LogP contribution in [0.2, 0.25) is 0 Å². The molecule has 1 saturated carbocycles. The van der Waals surface area contributed by atoms with E-state index in [0.29, 0.717) is 11.6 Å². The van der Waals surface area contributed by atoms with E-state index in [1.54, 1.807) is 29.9 Å². The third kappa shape index (κ3) is 2.99. The first-order valence-electron chi connectivity index (χ1n) is 6.44. The van der Waals surface area contributed by atoms with E-state index in [9.17, 15) is 9.59 Å². The topological polar surface area (TPSA) is 89.2 Å². The van der Waals surface area contributed by atoms with Crippen molar-refractivity contribution in [3.05, 3.63) is 40.0 Å². The van der Waals surface area contributed by atoms with Crippen LogP contribution >= 0.6 is 15.9 Å². The number of rotatable bonds is 3. The third-order valence-electron chi connectivity index (χ3n) is 3.23. The first kappa shape index (κ1) is 13.9. The molecule has 2 amide bonds. The molecule has 2 aromatic heterocycles. The molecule has 0 saturated heterocycles. The number of amides is 2. The summed E-state index contributed by atoms with van der Waals surface area (Å²) in [6.07, 6.45) is 3.88. The molecular weight excluding hydrogens is 340 g/mol. The summed E-state index contributed by atoms with van der Waals surface area (Å²) in [5, 5.41) is 3.70. The Morgan fingerprint density at radius 3 is 2.67 bits per heavy atom. The highest BCUT2D eigenvalue weighted by Gasteiger charge is 2.29. The van der Waals surface area contributed by atoms with E-state index in [4.69, 9.17) is 4.52 Å². The Morgan fingerprint density at radius 1 is 1.33 bits per heavy atom. The van der Waals surface area contributed by atoms with Gasteiger partial charge in [-0.15, -0.1) is 0 Å². The minimum Gasteiger partial charge on any atom is -0.360 e. The number of aromatic nitrogens is 2. The highest BCUT2D eigenvalue weighted by Crippen LogP contribution is 2.40. The molecule has 2 heterocycles. The molecule has 110 valence electrons. The Balaban J connectivity index is 1.59. The van der Waals surface area contributed by atoms with Crippen LogP contribution in [0.3, 0.4) is 0 Å². The zero-order chi connectivity index (χ0) is 15.0. The van der Waals surface area contributed by atoms with Crippen molar-refractivity contribution in [2.75, 3.05) is 0 Å². The van der Waals surface area contributed by atoms with E-state index < -0.39 is 11.8 Å². The number of aryl methyl sites for hydroxylation is 1. The van der Waals surface area contributed by atoms with Crippen LogP contribution in [-0.4, -0.2) is 21.5 Å². The van der Waals surface area contributed by atoms with E-state index >= 15 is 0 Å². The minimum absolute atomic E-state index is 0.158. The third-order valence-corrected chi connectivity index (χ3v) is 3.67. The molecule has 8 heteroatoms. The van der Waals surface area contributed by atoms with Crippen LogP contribution < -0.4 is 10.9 Å². The Bertz CT molecular complexity index is 702. The lowest BCUT2D eigenvalue weighted by atomic mass is 10.3. The van der Waals surface area contributed by atoms with Gasteiger partial charge >= 0.3 is 0 Å². The Hall–Kier alpha value is -2.09. The zero-order valence-corrected chi connectivity index (χ0v) is 12.8. The second-order valence-corrected chi connectivity index (χ2v) is 5.87. The average Bonchev–Trinajstić information content (AvgIpc) is 3.08. The van der Waals surface area contributed by atoms with E-state index in [2.05, 4.69) is 31.9 Å². The van der Waals surface area contributed by atoms with Crippen molar-refractivity contribution in [1.82, 2.24) is 20.6 Å². The highest BCUT2D eigenvalue weighted by molar-refractivity contribution is 9.10. The number of nitrogens with one attached hydrogen (secondary N) is 2. The van der Waals surface area contributed by atoms with Crippen molar-refractivity contribution in [2.45, 2.75) is 18.8 Å². The van der Waals surface area contributed by atoms with Gasteiger partial charge in [0, 0.05) is 29.7 Å². The van der Waals surface area contributed by atoms with E-state index in [0.717, 1.165) is 23.1 Å². The predicted octanol–water partition coefficient (Wildman–Crippen LogP) is 1.73. The number of carbonyl (C=O) groups is 2. The Morgan fingerprint density at radius 2 is 2.05 bits per heavy atom. The summed E-state index contributed by atoms with van der Waals surface area (Å²) in [4.78, 5) is 23.8. The fourth-order valence-electron chi connectivity index (χ4n) is 1.95. The van der Waals surface area contributed by atoms with E-state index in [1.165, 1.54) is 0 Å². The molecule has 0 spiro atoms. The smallest absolute Gasteiger partial charge is 0.291 e. The maximum absolute atomic E-state index is 11.9. The Kier molecular flexibility index (Phi) is 3.54. The summed E-state index contributed by atoms with van der Waals surface area (Å²) >= 11 is 3.28. The van der Waals surface area contributed by atoms with Crippen LogP contribution in [-0.2, 0) is 7.05 Å². The maximum atomic E-state index is 11.9. The maximum Gasteiger partial charge on any atom is 0.291 e. The lowest BCUT2D eigenvalue weighted by molar-refractivity contribution is 0.0837. The van der Waals surface area contributed by atoms with Gasteiger partial charge in [-0.25, -0.2) is 0 Å². The molecule has 2 aromatic rings. The van der Waals surface area contributed by atoms with Gasteiger partial charge in [-0.1, -0.05) is 5.16 Å². The molecule has 0 aliphatic heterocycles. The number of hydrogen-bond donors (Lipinski definition) is 2. The van der Waals surface area contributed by atoms with Crippen LogP contribution in [0.4, 0.5) is 0 Å². The molecule has 1 fully saturated rings. The van der Waals surface area contributed by atoms with Crippen molar-refractivity contribution < 1.29 is 14.1 Å². The molecule has 1 aliphatic rings. The van der Waals surface area contributed by atoms with Crippen LogP contribution in [0.25, 0.3) is 0 Å². The molecule has 2 N–H and O–H groups in total. The second kappa shape index (κ2) is 5.36. The lowest BCUT2D eigenvalue weighted by Gasteiger charge is -2.06. The van der Waals surface area contributed by atoms with Gasteiger partial charge in [-0.05, 0) is 34.8 Å². The first-order valence-corrected chi connectivity index (χ1v) is 7.23. The molecule has 7 nitrogen and oxygen atoms in total. The summed E-state index contributed by atoms with van der Waals surface area (Å²) in [7, 11) is 1.74. The largest absolute Gasteiger partial charge is 0.360 e. The molecule has 0 radical (unpaired) electrons. The number of carbonyl (C=O) groups excluding carboxylic acids is 2. The van der Waals surface area contributed by atoms with Gasteiger partial charge < -0.3 is 9.09 Å². The van der Waals surface area contributed by atoms with Crippen molar-refractivity contribution in [1.29, 1.82) is 0 Å². The quantitative estimate of drug-likeness (QED) is 0.823. The molecular formula is C13H13BrN4O3. The summed E-state index contributed by atoms with van der Waals surface area (Å²) in [6.45, 7) is 0. The lowest BCUT2D eigenvalue weighted by Crippen LogP contribution is -2.42. The standard InChI is InChI=1S/C13H13BrN4O3/c1-18-6-8(14)4-10(18)13(20)16-15-12(19)9-5-11(21-17-9)7-2-3-7/h4-7H,2-3H2,1H3,(H,15,19)(H,16,20). The molecule has 21 heavy (non-hydrogen) atoms. The van der Waals surface area contributed by atoms with Crippen LogP contribution in [0, 0.1) is 0 Å². The van der Waals surface area contributed by atoms with Crippen molar-refractivity contribution in [3.63, 3.8) is 0 Å². The van der Waals surface area contributed by atoms with Gasteiger partial charge in [-0.2, -0.15) is 0 Å². The fourth-order valence-corrected chi connectivity index (χ4v) is 2.47. The van der Waals surface area contributed by atoms with Gasteiger partial charge in [-0.3, -0.25) is 20.4 Å². The monoisotopic (exact) mass is 352 g/mol. The number of halogens is 1. The van der Waals surface area contributed by atoms with E-state index in [1.807, 2.05) is 0 Å². The molecule has 0 bridgehead atoms. The molecule has 0 atom stereocenters. The number of nitrogens with zero attached hydrogens (tertiary/aromatic N) is 2. The van der Waals surface area contributed by atoms with Gasteiger partial charge in [0.05, 0.1) is 0 Å². The SMILES string of the molecule is Cn1cc(Br)cc1C(=O)NNC(=O)c1cc(C2CC2)on1. The van der Waals surface area contributed by atoms with E-state index in [-0.39, 0.29) is 5.69 Å². The van der Waals surface area contributed by atoms with Crippen molar-refractivity contribution >= 4 is 27.7 Å². The number of hydrazine groups is 1. The highest BCUT2D eigenvalue weighted by atomic mass is 79.9. The fraction of sp³-hybridized carbons (Fsp3) is 0.308. The average molecular weight is 353 g/mol. The summed E-state index contributed by atoms with van der Waals surface area (Å²) in [6, 6.07) is 3.26. The molecule has 0 unspecified atom stereocenters. The minimum atomic E-state index is -0.507.